The Bertz CT molecular complexity index is 1380. The Morgan fingerprint density at radius 2 is 1.62 bits per heavy atom. The third-order valence-corrected chi connectivity index (χ3v) is 14.0. The zero-order valence-corrected chi connectivity index (χ0v) is 29.3. The number of ether oxygens (including phenoxy) is 1. The van der Waals surface area contributed by atoms with Gasteiger partial charge >= 0.3 is 11.9 Å². The van der Waals surface area contributed by atoms with Crippen LogP contribution < -0.4 is 0 Å². The van der Waals surface area contributed by atoms with E-state index in [1.807, 2.05) is 6.26 Å². The molecule has 5 rings (SSSR count). The van der Waals surface area contributed by atoms with Crippen LogP contribution >= 0.6 is 11.8 Å². The Labute approximate surface area is 274 Å². The molecule has 4 aliphatic rings. The fraction of sp³-hybridized carbons (Fsp3) is 0.684. The summed E-state index contributed by atoms with van der Waals surface area (Å²) in [6, 6.07) is 8.41. The van der Waals surface area contributed by atoms with Crippen molar-refractivity contribution in [1.29, 1.82) is 0 Å². The van der Waals surface area contributed by atoms with E-state index in [0.29, 0.717) is 42.7 Å². The van der Waals surface area contributed by atoms with Crippen LogP contribution in [0.4, 0.5) is 0 Å². The van der Waals surface area contributed by atoms with Gasteiger partial charge < -0.3 is 20.1 Å². The van der Waals surface area contributed by atoms with Crippen molar-refractivity contribution in [2.75, 3.05) is 6.26 Å². The number of aliphatic hydroxyl groups is 2. The number of rotatable bonds is 7. The van der Waals surface area contributed by atoms with Gasteiger partial charge in [0.05, 0.1) is 12.2 Å². The van der Waals surface area contributed by atoms with E-state index < -0.39 is 24.1 Å². The molecule has 1 aromatic carbocycles. The number of carboxylic acids is 1. The second-order valence-corrected chi connectivity index (χ2v) is 16.4. The summed E-state index contributed by atoms with van der Waals surface area (Å²) >= 11 is 1.69. The zero-order valence-electron chi connectivity index (χ0n) is 28.5. The molecule has 4 aliphatic carbocycles. The number of esters is 1. The number of hydrogen-bond donors (Lipinski definition) is 3. The van der Waals surface area contributed by atoms with Crippen LogP contribution in [-0.2, 0) is 14.3 Å². The summed E-state index contributed by atoms with van der Waals surface area (Å²) in [4.78, 5) is 26.8. The second-order valence-electron chi connectivity index (χ2n) is 15.5. The van der Waals surface area contributed by atoms with E-state index in [2.05, 4.69) is 65.8 Å². The van der Waals surface area contributed by atoms with Crippen LogP contribution in [0.5, 0.6) is 0 Å². The van der Waals surface area contributed by atoms with Gasteiger partial charge in [-0.2, -0.15) is 0 Å². The molecule has 0 spiro atoms. The molecule has 0 saturated heterocycles. The summed E-state index contributed by atoms with van der Waals surface area (Å²) in [6.45, 7) is 14.6. The molecule has 0 aromatic heterocycles. The number of benzene rings is 1. The number of allylic oxidation sites excluding steroid dienone is 2. The molecule has 1 aromatic rings. The molecule has 4 saturated carbocycles. The molecule has 0 radical (unpaired) electrons. The maximum atomic E-state index is 13.1. The largest absolute Gasteiger partial charge is 0.478 e. The van der Waals surface area contributed by atoms with Gasteiger partial charge in [0.1, 0.15) is 6.10 Å². The Kier molecular flexibility index (Phi) is 9.51. The van der Waals surface area contributed by atoms with Gasteiger partial charge in [-0.05, 0) is 140 Å². The number of carboxylic acid groups (broad SMARTS) is 1. The lowest BCUT2D eigenvalue weighted by atomic mass is 9.36. The second kappa shape index (κ2) is 12.5. The van der Waals surface area contributed by atoms with Gasteiger partial charge in [0.2, 0.25) is 0 Å². The number of aliphatic hydroxyl groups excluding tert-OH is 2. The molecular formula is C38H54O6S. The van der Waals surface area contributed by atoms with Gasteiger partial charge in [-0.1, -0.05) is 45.4 Å². The first-order valence-corrected chi connectivity index (χ1v) is 18.1. The Balaban J connectivity index is 1.56. The Morgan fingerprint density at radius 1 is 0.956 bits per heavy atom. The summed E-state index contributed by atoms with van der Waals surface area (Å²) in [5.74, 6) is -1.05. The van der Waals surface area contributed by atoms with Gasteiger partial charge in [0.15, 0.2) is 0 Å². The smallest absolute Gasteiger partial charge is 0.331 e. The van der Waals surface area contributed by atoms with Crippen molar-refractivity contribution in [3.63, 3.8) is 0 Å². The average Bonchev–Trinajstić information content (AvgIpc) is 3.24. The number of hydrogen-bond acceptors (Lipinski definition) is 6. The lowest BCUT2D eigenvalue weighted by molar-refractivity contribution is -0.234. The van der Waals surface area contributed by atoms with Crippen molar-refractivity contribution in [3.05, 3.63) is 46.5 Å². The normalized spacial score (nSPS) is 40.1. The average molecular weight is 639 g/mol. The molecule has 3 N–H and O–H groups in total. The van der Waals surface area contributed by atoms with Crippen molar-refractivity contribution >= 4 is 29.3 Å². The SMILES string of the molecule is CSc1ccc(C(CCC(C(=O)O)=C2[C@@H](OC(C)=O)C[C@@]3(C)[C@@H]2C[C@@H](O)[C@@H]2[C@@]4(C)CC[C@@H](O)[C@@H](C)C4CC[C@@]23C)=C(C)C)cc1. The molecule has 0 heterocycles. The molecule has 248 valence electrons. The molecule has 0 amide bonds. The molecule has 6 nitrogen and oxygen atoms in total. The predicted molar refractivity (Wildman–Crippen MR) is 180 cm³/mol. The number of fused-ring (bicyclic) bond motifs is 5. The van der Waals surface area contributed by atoms with E-state index in [1.165, 1.54) is 11.8 Å². The Hall–Kier alpha value is -2.09. The van der Waals surface area contributed by atoms with E-state index >= 15 is 0 Å². The van der Waals surface area contributed by atoms with E-state index in [9.17, 15) is 24.9 Å². The van der Waals surface area contributed by atoms with Crippen LogP contribution in [0.3, 0.4) is 0 Å². The molecule has 1 unspecified atom stereocenters. The van der Waals surface area contributed by atoms with Crippen molar-refractivity contribution in [3.8, 4) is 0 Å². The Morgan fingerprint density at radius 3 is 2.20 bits per heavy atom. The monoisotopic (exact) mass is 638 g/mol. The van der Waals surface area contributed by atoms with E-state index in [4.69, 9.17) is 4.74 Å². The minimum Gasteiger partial charge on any atom is -0.478 e. The third-order valence-electron chi connectivity index (χ3n) is 13.3. The number of thioether (sulfide) groups is 1. The minimum absolute atomic E-state index is 0.0205. The van der Waals surface area contributed by atoms with Gasteiger partial charge in [-0.3, -0.25) is 4.79 Å². The molecular weight excluding hydrogens is 584 g/mol. The highest BCUT2D eigenvalue weighted by molar-refractivity contribution is 7.98. The first-order valence-electron chi connectivity index (χ1n) is 16.9. The van der Waals surface area contributed by atoms with Crippen LogP contribution in [0.15, 0.2) is 45.9 Å². The quantitative estimate of drug-likeness (QED) is 0.158. The highest BCUT2D eigenvalue weighted by Gasteiger charge is 2.70. The number of aliphatic carboxylic acids is 1. The summed E-state index contributed by atoms with van der Waals surface area (Å²) in [5, 5.41) is 33.7. The van der Waals surface area contributed by atoms with E-state index in [0.717, 1.165) is 42.4 Å². The van der Waals surface area contributed by atoms with Crippen molar-refractivity contribution < 1.29 is 29.6 Å². The first kappa shape index (κ1) is 34.3. The number of carbonyl (C=O) groups excluding carboxylic acids is 1. The molecule has 0 aliphatic heterocycles. The topological polar surface area (TPSA) is 104 Å². The van der Waals surface area contributed by atoms with Crippen molar-refractivity contribution in [1.82, 2.24) is 0 Å². The van der Waals surface area contributed by atoms with Crippen LogP contribution in [0.2, 0.25) is 0 Å². The highest BCUT2D eigenvalue weighted by Crippen LogP contribution is 2.74. The van der Waals surface area contributed by atoms with Crippen molar-refractivity contribution in [2.45, 2.75) is 123 Å². The van der Waals surface area contributed by atoms with Gasteiger partial charge in [0, 0.05) is 17.4 Å². The minimum atomic E-state index is -0.968. The summed E-state index contributed by atoms with van der Waals surface area (Å²) in [5.41, 5.74) is 3.65. The summed E-state index contributed by atoms with van der Waals surface area (Å²) < 4.78 is 6.01. The standard InChI is InChI=1S/C38H54O6S/c1-21(2)26(24-9-11-25(45-8)12-10-24)13-14-27(35(42)43)33-29-19-31(41)34-36(5)17-16-30(40)22(3)28(36)15-18-37(34,6)38(29,7)20-32(33)44-23(4)39/h9-12,22,28-32,34,40-41H,13-20H2,1-8H3,(H,42,43)/t22-,28?,29+,30+,31+,32-,34+,36-,37-,38-/m0/s1. The molecule has 7 heteroatoms. The molecule has 0 bridgehead atoms. The lowest BCUT2D eigenvalue weighted by Crippen LogP contribution is -2.65. The molecule has 45 heavy (non-hydrogen) atoms. The third kappa shape index (κ3) is 5.63. The van der Waals surface area contributed by atoms with Crippen LogP contribution in [0, 0.1) is 39.9 Å². The lowest BCUT2D eigenvalue weighted by Gasteiger charge is -2.69. The zero-order chi connectivity index (χ0) is 33.1. The summed E-state index contributed by atoms with van der Waals surface area (Å²) in [7, 11) is 0. The van der Waals surface area contributed by atoms with Gasteiger partial charge in [-0.25, -0.2) is 4.79 Å². The maximum absolute atomic E-state index is 13.1. The van der Waals surface area contributed by atoms with E-state index in [1.54, 1.807) is 11.8 Å². The van der Waals surface area contributed by atoms with E-state index in [-0.39, 0.29) is 40.1 Å². The van der Waals surface area contributed by atoms with Crippen molar-refractivity contribution in [2.24, 2.45) is 39.9 Å². The number of carbonyl (C=O) groups is 2. The van der Waals surface area contributed by atoms with Crippen LogP contribution in [-0.4, -0.2) is 51.8 Å². The van der Waals surface area contributed by atoms with Gasteiger partial charge in [-0.15, -0.1) is 11.8 Å². The first-order chi connectivity index (χ1) is 21.1. The van der Waals surface area contributed by atoms with Crippen LogP contribution in [0.25, 0.3) is 5.57 Å². The predicted octanol–water partition coefficient (Wildman–Crippen LogP) is 7.92. The summed E-state index contributed by atoms with van der Waals surface area (Å²) in [6.07, 6.45) is 5.91. The molecule has 10 atom stereocenters. The highest BCUT2D eigenvalue weighted by atomic mass is 32.2. The molecule has 4 fully saturated rings. The van der Waals surface area contributed by atoms with Crippen LogP contribution in [0.1, 0.15) is 105 Å². The fourth-order valence-electron chi connectivity index (χ4n) is 11.0. The van der Waals surface area contributed by atoms with Gasteiger partial charge in [0.25, 0.3) is 0 Å². The maximum Gasteiger partial charge on any atom is 0.331 e. The fourth-order valence-corrected chi connectivity index (χ4v) is 11.4.